The topological polar surface area (TPSA) is 46.2 Å². The third kappa shape index (κ3) is 2.35. The lowest BCUT2D eigenvalue weighted by Gasteiger charge is -2.38. The van der Waals surface area contributed by atoms with Gasteiger partial charge in [-0.25, -0.2) is 4.39 Å². The van der Waals surface area contributed by atoms with E-state index in [0.717, 1.165) is 5.56 Å². The Morgan fingerprint density at radius 3 is 2.45 bits per heavy atom. The normalized spacial score (nSPS) is 42.9. The van der Waals surface area contributed by atoms with Crippen LogP contribution in [0, 0.1) is 0 Å². The second kappa shape index (κ2) is 5.25. The van der Waals surface area contributed by atoms with Crippen LogP contribution < -0.4 is 0 Å². The Bertz CT molecular complexity index is 537. The Labute approximate surface area is 128 Å². The van der Waals surface area contributed by atoms with Crippen LogP contribution in [0.4, 0.5) is 4.39 Å². The largest absolute Gasteiger partial charge is 0.341 e. The summed E-state index contributed by atoms with van der Waals surface area (Å²) < 4.78 is 42.5. The molecule has 0 aliphatic carbocycles. The minimum absolute atomic E-state index is 0.371. The second-order valence-corrected chi connectivity index (χ2v) is 6.24. The predicted octanol–water partition coefficient (Wildman–Crippen LogP) is 2.32. The molecular weight excluding hydrogens is 291 g/mol. The summed E-state index contributed by atoms with van der Waals surface area (Å²) in [5.41, 5.74) is 0.848. The predicted molar refractivity (Wildman–Crippen MR) is 73.6 cm³/mol. The van der Waals surface area contributed by atoms with E-state index in [-0.39, 0.29) is 6.10 Å². The first-order valence-corrected chi connectivity index (χ1v) is 7.50. The molecule has 0 bridgehead atoms. The van der Waals surface area contributed by atoms with Gasteiger partial charge in [0, 0.05) is 5.56 Å². The summed E-state index contributed by atoms with van der Waals surface area (Å²) >= 11 is 0. The lowest BCUT2D eigenvalue weighted by atomic mass is 10.0. The Balaban J connectivity index is 1.59. The highest BCUT2D eigenvalue weighted by atomic mass is 19.1. The Hall–Kier alpha value is -1.05. The zero-order valence-electron chi connectivity index (χ0n) is 12.5. The van der Waals surface area contributed by atoms with E-state index in [1.165, 1.54) is 0 Å². The summed E-state index contributed by atoms with van der Waals surface area (Å²) in [5.74, 6) is -0.727. The van der Waals surface area contributed by atoms with Crippen LogP contribution in [-0.2, 0) is 23.7 Å². The molecule has 0 unspecified atom stereocenters. The van der Waals surface area contributed by atoms with E-state index >= 15 is 0 Å². The van der Waals surface area contributed by atoms with Gasteiger partial charge in [-0.1, -0.05) is 30.3 Å². The molecule has 0 N–H and O–H groups in total. The van der Waals surface area contributed by atoms with Gasteiger partial charge in [-0.15, -0.1) is 0 Å². The number of halogens is 1. The van der Waals surface area contributed by atoms with Crippen LogP contribution in [0.15, 0.2) is 30.3 Å². The molecular formula is C16H19FO5. The van der Waals surface area contributed by atoms with E-state index in [1.54, 1.807) is 0 Å². The van der Waals surface area contributed by atoms with Crippen LogP contribution >= 0.6 is 0 Å². The molecule has 0 amide bonds. The number of benzene rings is 1. The molecule has 1 aromatic carbocycles. The van der Waals surface area contributed by atoms with Gasteiger partial charge < -0.3 is 23.7 Å². The van der Waals surface area contributed by atoms with Gasteiger partial charge in [-0.05, 0) is 13.8 Å². The summed E-state index contributed by atoms with van der Waals surface area (Å²) in [5, 5.41) is 0. The van der Waals surface area contributed by atoms with Gasteiger partial charge in [0.1, 0.15) is 31.1 Å². The van der Waals surface area contributed by atoms with E-state index in [2.05, 4.69) is 0 Å². The molecule has 0 spiro atoms. The highest BCUT2D eigenvalue weighted by molar-refractivity contribution is 5.17. The molecule has 4 rings (SSSR count). The fraction of sp³-hybridized carbons (Fsp3) is 0.625. The number of ether oxygens (including phenoxy) is 5. The van der Waals surface area contributed by atoms with Crippen molar-refractivity contribution in [3.05, 3.63) is 35.9 Å². The Morgan fingerprint density at radius 2 is 1.73 bits per heavy atom. The van der Waals surface area contributed by atoms with E-state index in [9.17, 15) is 4.39 Å². The van der Waals surface area contributed by atoms with Gasteiger partial charge in [-0.3, -0.25) is 0 Å². The lowest BCUT2D eigenvalue weighted by Crippen LogP contribution is -2.50. The molecule has 5 nitrogen and oxygen atoms in total. The smallest absolute Gasteiger partial charge is 0.190 e. The van der Waals surface area contributed by atoms with Crippen LogP contribution in [0.25, 0.3) is 0 Å². The molecule has 0 radical (unpaired) electrons. The van der Waals surface area contributed by atoms with Gasteiger partial charge in [0.15, 0.2) is 18.4 Å². The van der Waals surface area contributed by atoms with Crippen LogP contribution in [0.5, 0.6) is 0 Å². The van der Waals surface area contributed by atoms with Crippen molar-refractivity contribution in [3.63, 3.8) is 0 Å². The summed E-state index contributed by atoms with van der Waals surface area (Å²) in [7, 11) is 0. The molecule has 3 aliphatic rings. The first-order valence-electron chi connectivity index (χ1n) is 7.50. The van der Waals surface area contributed by atoms with Crippen molar-refractivity contribution >= 4 is 0 Å². The number of rotatable bonds is 2. The minimum atomic E-state index is -0.727. The van der Waals surface area contributed by atoms with E-state index < -0.39 is 43.4 Å². The first kappa shape index (κ1) is 14.5. The quantitative estimate of drug-likeness (QED) is 0.839. The van der Waals surface area contributed by atoms with Crippen molar-refractivity contribution in [1.29, 1.82) is 0 Å². The average molecular weight is 310 g/mol. The van der Waals surface area contributed by atoms with Crippen molar-refractivity contribution in [3.8, 4) is 0 Å². The molecule has 0 aromatic heterocycles. The molecule has 3 aliphatic heterocycles. The summed E-state index contributed by atoms with van der Waals surface area (Å²) in [6, 6.07) is 9.48. The van der Waals surface area contributed by atoms with E-state index in [4.69, 9.17) is 23.7 Å². The Kier molecular flexibility index (Phi) is 3.47. The summed E-state index contributed by atoms with van der Waals surface area (Å²) in [6.45, 7) is 3.01. The molecule has 3 heterocycles. The Morgan fingerprint density at radius 1 is 0.955 bits per heavy atom. The number of alkyl halides is 1. The van der Waals surface area contributed by atoms with Crippen molar-refractivity contribution in [1.82, 2.24) is 0 Å². The van der Waals surface area contributed by atoms with Crippen LogP contribution in [0.1, 0.15) is 25.7 Å². The number of fused-ring (bicyclic) bond motifs is 3. The van der Waals surface area contributed by atoms with Crippen molar-refractivity contribution in [2.75, 3.05) is 6.67 Å². The van der Waals surface area contributed by atoms with E-state index in [0.29, 0.717) is 0 Å². The van der Waals surface area contributed by atoms with Crippen molar-refractivity contribution < 1.29 is 28.1 Å². The van der Waals surface area contributed by atoms with Crippen LogP contribution in [0.3, 0.4) is 0 Å². The van der Waals surface area contributed by atoms with Crippen LogP contribution in [0.2, 0.25) is 0 Å². The third-order valence-electron chi connectivity index (χ3n) is 4.20. The van der Waals surface area contributed by atoms with Crippen molar-refractivity contribution in [2.24, 2.45) is 0 Å². The van der Waals surface area contributed by atoms with Gasteiger partial charge in [0.05, 0.1) is 0 Å². The standard InChI is InChI=1S/C16H19FO5/c1-16(2)21-13-12-11(19-15(13)22-16)10(8-17)18-14(20-12)9-6-4-3-5-7-9/h3-7,10-15H,8H2,1-2H3/t10-,11-,12+,13-,14+,15-/m1/s1. The van der Waals surface area contributed by atoms with Gasteiger partial charge in [0.2, 0.25) is 0 Å². The average Bonchev–Trinajstić information content (AvgIpc) is 2.99. The van der Waals surface area contributed by atoms with Gasteiger partial charge in [0.25, 0.3) is 0 Å². The molecule has 0 saturated carbocycles. The molecule has 6 atom stereocenters. The van der Waals surface area contributed by atoms with E-state index in [1.807, 2.05) is 44.2 Å². The molecule has 22 heavy (non-hydrogen) atoms. The lowest BCUT2D eigenvalue weighted by molar-refractivity contribution is -0.311. The fourth-order valence-corrected chi connectivity index (χ4v) is 3.26. The maximum atomic E-state index is 13.4. The third-order valence-corrected chi connectivity index (χ3v) is 4.20. The minimum Gasteiger partial charge on any atom is -0.341 e. The molecule has 3 fully saturated rings. The van der Waals surface area contributed by atoms with Crippen molar-refractivity contribution in [2.45, 2.75) is 56.6 Å². The molecule has 1 aromatic rings. The zero-order chi connectivity index (χ0) is 15.3. The maximum absolute atomic E-state index is 13.4. The highest BCUT2D eigenvalue weighted by Gasteiger charge is 2.60. The second-order valence-electron chi connectivity index (χ2n) is 6.24. The molecule has 120 valence electrons. The summed E-state index contributed by atoms with van der Waals surface area (Å²) in [6.07, 6.45) is -3.16. The maximum Gasteiger partial charge on any atom is 0.190 e. The SMILES string of the molecule is CC1(C)O[C@H]2O[C@H]3[C@H](O[C@@H](c4ccccc4)O[C@@H]3CF)[C@H]2O1. The molecule has 6 heteroatoms. The van der Waals surface area contributed by atoms with Gasteiger partial charge in [-0.2, -0.15) is 0 Å². The molecule has 3 saturated heterocycles. The summed E-state index contributed by atoms with van der Waals surface area (Å²) in [4.78, 5) is 0. The number of hydrogen-bond donors (Lipinski definition) is 0. The monoisotopic (exact) mass is 310 g/mol. The fourth-order valence-electron chi connectivity index (χ4n) is 3.26. The zero-order valence-corrected chi connectivity index (χ0v) is 12.5. The van der Waals surface area contributed by atoms with Crippen LogP contribution in [-0.4, -0.2) is 43.2 Å². The first-order chi connectivity index (χ1) is 10.6. The number of hydrogen-bond acceptors (Lipinski definition) is 5. The highest BCUT2D eigenvalue weighted by Crippen LogP contribution is 2.44. The van der Waals surface area contributed by atoms with Gasteiger partial charge >= 0.3 is 0 Å².